The predicted molar refractivity (Wildman–Crippen MR) is 90.6 cm³/mol. The maximum Gasteiger partial charge on any atom is 0.335 e. The van der Waals surface area contributed by atoms with Crippen LogP contribution in [0.5, 0.6) is 0 Å². The van der Waals surface area contributed by atoms with Crippen LogP contribution in [0.15, 0.2) is 42.6 Å². The van der Waals surface area contributed by atoms with Crippen molar-refractivity contribution >= 4 is 17.7 Å². The number of halogens is 1. The van der Waals surface area contributed by atoms with Crippen molar-refractivity contribution in [2.45, 2.75) is 12.8 Å². The van der Waals surface area contributed by atoms with Crippen LogP contribution in [0.1, 0.15) is 44.0 Å². The average molecular weight is 356 g/mol. The van der Waals surface area contributed by atoms with Crippen LogP contribution in [0, 0.1) is 11.7 Å². The van der Waals surface area contributed by atoms with Crippen LogP contribution in [0.25, 0.3) is 0 Å². The van der Waals surface area contributed by atoms with Gasteiger partial charge in [0, 0.05) is 30.8 Å². The van der Waals surface area contributed by atoms with E-state index in [0.717, 1.165) is 0 Å². The van der Waals surface area contributed by atoms with Crippen molar-refractivity contribution in [3.05, 3.63) is 65.2 Å². The van der Waals surface area contributed by atoms with Gasteiger partial charge in [-0.1, -0.05) is 0 Å². The largest absolute Gasteiger partial charge is 0.478 e. The summed E-state index contributed by atoms with van der Waals surface area (Å²) < 4.78 is 13.0. The van der Waals surface area contributed by atoms with E-state index in [1.807, 2.05) is 0 Å². The zero-order chi connectivity index (χ0) is 18.7. The molecule has 6 nitrogen and oxygen atoms in total. The van der Waals surface area contributed by atoms with Crippen LogP contribution in [-0.4, -0.2) is 45.7 Å². The lowest BCUT2D eigenvalue weighted by molar-refractivity contribution is 0.0632. The lowest BCUT2D eigenvalue weighted by Gasteiger charge is -2.32. The van der Waals surface area contributed by atoms with Crippen LogP contribution in [0.2, 0.25) is 0 Å². The fourth-order valence-corrected chi connectivity index (χ4v) is 3.07. The maximum absolute atomic E-state index is 13.0. The first-order valence-electron chi connectivity index (χ1n) is 8.24. The molecule has 1 N–H and O–H groups in total. The van der Waals surface area contributed by atoms with Gasteiger partial charge in [0.2, 0.25) is 0 Å². The minimum Gasteiger partial charge on any atom is -0.478 e. The third-order valence-electron chi connectivity index (χ3n) is 4.43. The van der Waals surface area contributed by atoms with Crippen molar-refractivity contribution in [2.75, 3.05) is 13.1 Å². The van der Waals surface area contributed by atoms with Gasteiger partial charge in [0.05, 0.1) is 5.56 Å². The van der Waals surface area contributed by atoms with Gasteiger partial charge < -0.3 is 10.0 Å². The van der Waals surface area contributed by atoms with E-state index in [1.54, 1.807) is 0 Å². The number of aromatic nitrogens is 1. The van der Waals surface area contributed by atoms with Crippen LogP contribution in [0.4, 0.5) is 4.39 Å². The minimum absolute atomic E-state index is 0.0145. The number of benzene rings is 1. The number of hydrogen-bond donors (Lipinski definition) is 1. The molecule has 0 aliphatic carbocycles. The predicted octanol–water partition coefficient (Wildman–Crippen LogP) is 2.65. The van der Waals surface area contributed by atoms with Gasteiger partial charge in [0.25, 0.3) is 5.91 Å². The number of piperidine rings is 1. The third-order valence-corrected chi connectivity index (χ3v) is 4.43. The van der Waals surface area contributed by atoms with Gasteiger partial charge in [-0.15, -0.1) is 0 Å². The van der Waals surface area contributed by atoms with Crippen LogP contribution < -0.4 is 0 Å². The number of pyridine rings is 1. The molecule has 7 heteroatoms. The van der Waals surface area contributed by atoms with Gasteiger partial charge >= 0.3 is 5.97 Å². The first kappa shape index (κ1) is 17.7. The van der Waals surface area contributed by atoms with E-state index < -0.39 is 17.7 Å². The molecule has 1 aromatic carbocycles. The molecule has 3 rings (SSSR count). The second-order valence-electron chi connectivity index (χ2n) is 6.20. The third kappa shape index (κ3) is 3.77. The van der Waals surface area contributed by atoms with Gasteiger partial charge in [-0.25, -0.2) is 9.18 Å². The molecular formula is C19H17FN2O4. The Hall–Kier alpha value is -3.09. The molecule has 2 aromatic rings. The number of carboxylic acids is 1. The number of carbonyl (C=O) groups excluding carboxylic acids is 2. The number of carbonyl (C=O) groups is 3. The Labute approximate surface area is 149 Å². The zero-order valence-corrected chi connectivity index (χ0v) is 13.9. The number of nitrogens with zero attached hydrogens (tertiary/aromatic N) is 2. The molecule has 1 aromatic heterocycles. The molecule has 0 saturated carbocycles. The molecule has 1 aliphatic heterocycles. The topological polar surface area (TPSA) is 87.6 Å². The Morgan fingerprint density at radius 3 is 2.54 bits per heavy atom. The van der Waals surface area contributed by atoms with Gasteiger partial charge in [-0.05, 0) is 49.2 Å². The fraction of sp³-hybridized carbons (Fsp3) is 0.263. The number of likely N-dealkylation sites (tertiary alicyclic amines) is 1. The maximum atomic E-state index is 13.0. The number of rotatable bonds is 4. The Bertz CT molecular complexity index is 851. The standard InChI is InChI=1S/C19H17FN2O4/c20-15-5-3-12(4-6-15)17(23)14-2-1-9-22(11-14)18(24)16-10-13(19(25)26)7-8-21-16/h3-8,10,14H,1-2,9,11H2,(H,25,26). The molecule has 1 saturated heterocycles. The molecule has 0 radical (unpaired) electrons. The van der Waals surface area contributed by atoms with Crippen molar-refractivity contribution in [3.63, 3.8) is 0 Å². The Morgan fingerprint density at radius 2 is 1.85 bits per heavy atom. The molecule has 1 fully saturated rings. The number of Topliss-reactive ketones (excluding diaryl/α,β-unsaturated/α-hetero) is 1. The average Bonchev–Trinajstić information content (AvgIpc) is 2.67. The van der Waals surface area contributed by atoms with Crippen molar-refractivity contribution in [2.24, 2.45) is 5.92 Å². The number of carboxylic acid groups (broad SMARTS) is 1. The summed E-state index contributed by atoms with van der Waals surface area (Å²) in [6.45, 7) is 0.707. The molecule has 1 aliphatic rings. The van der Waals surface area contributed by atoms with Gasteiger partial charge in [-0.2, -0.15) is 0 Å². The molecule has 0 spiro atoms. The van der Waals surface area contributed by atoms with Crippen LogP contribution >= 0.6 is 0 Å². The van der Waals surface area contributed by atoms with E-state index in [2.05, 4.69) is 4.98 Å². The van der Waals surface area contributed by atoms with Crippen molar-refractivity contribution < 1.29 is 23.9 Å². The Balaban J connectivity index is 1.74. The second-order valence-corrected chi connectivity index (χ2v) is 6.20. The summed E-state index contributed by atoms with van der Waals surface area (Å²) in [5, 5.41) is 9.04. The number of hydrogen-bond acceptors (Lipinski definition) is 4. The van der Waals surface area contributed by atoms with E-state index >= 15 is 0 Å². The van der Waals surface area contributed by atoms with Crippen molar-refractivity contribution in [1.82, 2.24) is 9.88 Å². The molecule has 2 heterocycles. The Morgan fingerprint density at radius 1 is 1.12 bits per heavy atom. The molecule has 1 atom stereocenters. The molecule has 0 bridgehead atoms. The summed E-state index contributed by atoms with van der Waals surface area (Å²) in [5.41, 5.74) is 0.441. The van der Waals surface area contributed by atoms with E-state index in [1.165, 1.54) is 47.5 Å². The van der Waals surface area contributed by atoms with E-state index in [4.69, 9.17) is 5.11 Å². The van der Waals surface area contributed by atoms with Crippen LogP contribution in [0.3, 0.4) is 0 Å². The highest BCUT2D eigenvalue weighted by atomic mass is 19.1. The molecule has 1 unspecified atom stereocenters. The normalized spacial score (nSPS) is 17.0. The van der Waals surface area contributed by atoms with Gasteiger partial charge in [0.1, 0.15) is 11.5 Å². The van der Waals surface area contributed by atoms with Crippen molar-refractivity contribution in [3.8, 4) is 0 Å². The summed E-state index contributed by atoms with van der Waals surface area (Å²) >= 11 is 0. The first-order chi connectivity index (χ1) is 12.5. The summed E-state index contributed by atoms with van der Waals surface area (Å²) in [7, 11) is 0. The summed E-state index contributed by atoms with van der Waals surface area (Å²) in [6.07, 6.45) is 2.58. The highest BCUT2D eigenvalue weighted by Crippen LogP contribution is 2.22. The highest BCUT2D eigenvalue weighted by Gasteiger charge is 2.30. The van der Waals surface area contributed by atoms with Gasteiger partial charge in [-0.3, -0.25) is 14.6 Å². The minimum atomic E-state index is -1.13. The summed E-state index contributed by atoms with van der Waals surface area (Å²) in [5.74, 6) is -2.45. The van der Waals surface area contributed by atoms with E-state index in [-0.39, 0.29) is 29.5 Å². The number of ketones is 1. The second kappa shape index (κ2) is 7.43. The lowest BCUT2D eigenvalue weighted by Crippen LogP contribution is -2.42. The lowest BCUT2D eigenvalue weighted by atomic mass is 9.90. The van der Waals surface area contributed by atoms with Crippen LogP contribution in [-0.2, 0) is 0 Å². The number of aromatic carboxylic acids is 1. The Kier molecular flexibility index (Phi) is 5.06. The zero-order valence-electron chi connectivity index (χ0n) is 13.9. The summed E-state index contributed by atoms with van der Waals surface area (Å²) in [6, 6.07) is 7.90. The molecule has 134 valence electrons. The smallest absolute Gasteiger partial charge is 0.335 e. The first-order valence-corrected chi connectivity index (χ1v) is 8.24. The van der Waals surface area contributed by atoms with E-state index in [0.29, 0.717) is 24.9 Å². The van der Waals surface area contributed by atoms with E-state index in [9.17, 15) is 18.8 Å². The molecular weight excluding hydrogens is 339 g/mol. The monoisotopic (exact) mass is 356 g/mol. The quantitative estimate of drug-likeness (QED) is 0.851. The SMILES string of the molecule is O=C(O)c1ccnc(C(=O)N2CCCC(C(=O)c3ccc(F)cc3)C2)c1. The van der Waals surface area contributed by atoms with Gasteiger partial charge in [0.15, 0.2) is 5.78 Å². The summed E-state index contributed by atoms with van der Waals surface area (Å²) in [4.78, 5) is 41.8. The molecule has 26 heavy (non-hydrogen) atoms. The van der Waals surface area contributed by atoms with Crippen molar-refractivity contribution in [1.29, 1.82) is 0 Å². The fourth-order valence-electron chi connectivity index (χ4n) is 3.07. The molecule has 1 amide bonds. The highest BCUT2D eigenvalue weighted by molar-refractivity contribution is 5.99. The number of amides is 1.